The van der Waals surface area contributed by atoms with Crippen molar-refractivity contribution in [2.75, 3.05) is 95.2 Å². The van der Waals surface area contributed by atoms with Gasteiger partial charge in [0.15, 0.2) is 0 Å². The number of aryl methyl sites for hydroxylation is 1. The molecule has 1 amide bonds. The maximum atomic E-state index is 12.4. The van der Waals surface area contributed by atoms with Crippen LogP contribution in [0.1, 0.15) is 38.4 Å². The maximum absolute atomic E-state index is 12.4. The van der Waals surface area contributed by atoms with Gasteiger partial charge in [0.25, 0.3) is 0 Å². The van der Waals surface area contributed by atoms with E-state index >= 15 is 0 Å². The first-order chi connectivity index (χ1) is 24.1. The minimum absolute atomic E-state index is 0.0685. The Morgan fingerprint density at radius 2 is 1.26 bits per heavy atom. The molecule has 0 saturated carbocycles. The summed E-state index contributed by atoms with van der Waals surface area (Å²) in [4.78, 5) is 35.2. The van der Waals surface area contributed by atoms with Crippen molar-refractivity contribution in [3.8, 4) is 0 Å². The molecule has 0 radical (unpaired) electrons. The lowest BCUT2D eigenvalue weighted by molar-refractivity contribution is -0.156. The summed E-state index contributed by atoms with van der Waals surface area (Å²) in [6.45, 7) is 12.6. The normalized spacial score (nSPS) is 11.3. The highest BCUT2D eigenvalue weighted by atomic mass is 16.6. The summed E-state index contributed by atoms with van der Waals surface area (Å²) < 4.78 is 32.9. The molecule has 0 bridgehead atoms. The Bertz CT molecular complexity index is 1400. The zero-order chi connectivity index (χ0) is 36.0. The van der Waals surface area contributed by atoms with Crippen LogP contribution in [0.3, 0.4) is 0 Å². The SMILES string of the molecule is Cc1cc(N(C)CCOCCOCCOCCOCCOCCC(=O)OC(C)(C)C)nc(Nc2ccc(NC(=O)Cc3ccccc3)cc2)n1. The number of carbonyl (C=O) groups is 2. The molecular formula is C37H53N5O8. The quantitative estimate of drug-likeness (QED) is 0.0966. The van der Waals surface area contributed by atoms with Gasteiger partial charge in [0.2, 0.25) is 11.9 Å². The lowest BCUT2D eigenvalue weighted by atomic mass is 10.1. The second kappa shape index (κ2) is 22.6. The van der Waals surface area contributed by atoms with E-state index < -0.39 is 5.60 Å². The number of amides is 1. The van der Waals surface area contributed by atoms with Crippen LogP contribution in [0.4, 0.5) is 23.1 Å². The molecule has 0 spiro atoms. The number of anilines is 4. The Hall–Kier alpha value is -4.14. The van der Waals surface area contributed by atoms with Crippen LogP contribution in [0.5, 0.6) is 0 Å². The van der Waals surface area contributed by atoms with Crippen LogP contribution >= 0.6 is 0 Å². The first kappa shape index (κ1) is 40.3. The van der Waals surface area contributed by atoms with E-state index in [0.717, 1.165) is 28.5 Å². The molecule has 3 rings (SSSR count). The van der Waals surface area contributed by atoms with Gasteiger partial charge in [-0.1, -0.05) is 30.3 Å². The molecule has 0 aliphatic rings. The number of hydrogen-bond acceptors (Lipinski definition) is 12. The zero-order valence-corrected chi connectivity index (χ0v) is 30.1. The summed E-state index contributed by atoms with van der Waals surface area (Å²) in [6.07, 6.45) is 0.546. The molecule has 1 heterocycles. The third-order valence-corrected chi connectivity index (χ3v) is 6.79. The third kappa shape index (κ3) is 18.0. The molecule has 0 atom stereocenters. The Morgan fingerprint density at radius 1 is 0.720 bits per heavy atom. The summed E-state index contributed by atoms with van der Waals surface area (Å²) in [5.74, 6) is 0.920. The molecule has 0 aliphatic carbocycles. The molecule has 0 unspecified atom stereocenters. The molecular weight excluding hydrogens is 642 g/mol. The van der Waals surface area contributed by atoms with Crippen LogP contribution < -0.4 is 15.5 Å². The fraction of sp³-hybridized carbons (Fsp3) is 0.514. The van der Waals surface area contributed by atoms with Gasteiger partial charge in [0, 0.05) is 36.7 Å². The van der Waals surface area contributed by atoms with Crippen LogP contribution in [0.25, 0.3) is 0 Å². The fourth-order valence-corrected chi connectivity index (χ4v) is 4.40. The van der Waals surface area contributed by atoms with Crippen molar-refractivity contribution in [1.82, 2.24) is 9.97 Å². The van der Waals surface area contributed by atoms with Crippen molar-refractivity contribution in [3.05, 3.63) is 71.9 Å². The van der Waals surface area contributed by atoms with Crippen LogP contribution in [-0.2, 0) is 44.4 Å². The van der Waals surface area contributed by atoms with Gasteiger partial charge in [0.05, 0.1) is 78.9 Å². The maximum Gasteiger partial charge on any atom is 0.308 e. The van der Waals surface area contributed by atoms with Crippen molar-refractivity contribution in [2.45, 2.75) is 46.1 Å². The number of benzene rings is 2. The predicted molar refractivity (Wildman–Crippen MR) is 193 cm³/mol. The van der Waals surface area contributed by atoms with Gasteiger partial charge in [-0.25, -0.2) is 4.98 Å². The molecule has 0 saturated heterocycles. The monoisotopic (exact) mass is 695 g/mol. The van der Waals surface area contributed by atoms with Crippen molar-refractivity contribution >= 4 is 35.0 Å². The van der Waals surface area contributed by atoms with Gasteiger partial charge < -0.3 is 44.0 Å². The van der Waals surface area contributed by atoms with Crippen molar-refractivity contribution in [2.24, 2.45) is 0 Å². The Labute approximate surface area is 296 Å². The Morgan fingerprint density at radius 3 is 1.84 bits per heavy atom. The van der Waals surface area contributed by atoms with Crippen LogP contribution in [0.15, 0.2) is 60.7 Å². The van der Waals surface area contributed by atoms with Crippen LogP contribution in [0.2, 0.25) is 0 Å². The molecule has 13 nitrogen and oxygen atoms in total. The standard InChI is InChI=1S/C37H53N5O8/c1-29-27-33(41-36(38-29)40-32-13-11-31(12-14-32)39-34(43)28-30-9-7-6-8-10-30)42(5)16-18-46-20-22-48-24-26-49-25-23-47-21-19-45-17-15-35(44)50-37(2,3)4/h6-14,27H,15-26,28H2,1-5H3,(H,39,43)(H,38,40,41). The van der Waals surface area contributed by atoms with Crippen LogP contribution in [-0.4, -0.2) is 107 Å². The first-order valence-corrected chi connectivity index (χ1v) is 17.0. The van der Waals surface area contributed by atoms with E-state index in [-0.39, 0.29) is 18.3 Å². The Balaban J connectivity index is 1.19. The zero-order valence-electron chi connectivity index (χ0n) is 30.1. The topological polar surface area (TPSA) is 143 Å². The summed E-state index contributed by atoms with van der Waals surface area (Å²) in [5.41, 5.74) is 2.84. The van der Waals surface area contributed by atoms with E-state index in [0.29, 0.717) is 85.0 Å². The summed E-state index contributed by atoms with van der Waals surface area (Å²) >= 11 is 0. The summed E-state index contributed by atoms with van der Waals surface area (Å²) in [6, 6.07) is 19.0. The Kier molecular flexibility index (Phi) is 18.2. The summed E-state index contributed by atoms with van der Waals surface area (Å²) in [5, 5.41) is 6.18. The lowest BCUT2D eigenvalue weighted by Crippen LogP contribution is -2.24. The second-order valence-electron chi connectivity index (χ2n) is 12.4. The molecule has 1 aromatic heterocycles. The average molecular weight is 696 g/mol. The van der Waals surface area contributed by atoms with Crippen molar-refractivity contribution < 1.29 is 38.0 Å². The van der Waals surface area contributed by atoms with E-state index in [2.05, 4.69) is 20.6 Å². The first-order valence-electron chi connectivity index (χ1n) is 17.0. The number of hydrogen-bond donors (Lipinski definition) is 2. The third-order valence-electron chi connectivity index (χ3n) is 6.79. The second-order valence-corrected chi connectivity index (χ2v) is 12.4. The smallest absolute Gasteiger partial charge is 0.308 e. The number of ether oxygens (including phenoxy) is 6. The molecule has 2 aromatic carbocycles. The van der Waals surface area contributed by atoms with Gasteiger partial charge in [-0.3, -0.25) is 9.59 Å². The highest BCUT2D eigenvalue weighted by Gasteiger charge is 2.15. The number of carbonyl (C=O) groups excluding carboxylic acids is 2. The van der Waals surface area contributed by atoms with E-state index in [4.69, 9.17) is 28.4 Å². The highest BCUT2D eigenvalue weighted by molar-refractivity contribution is 5.92. The minimum atomic E-state index is -0.481. The van der Waals surface area contributed by atoms with Gasteiger partial charge in [-0.05, 0) is 57.5 Å². The van der Waals surface area contributed by atoms with Gasteiger partial charge in [-0.2, -0.15) is 4.98 Å². The predicted octanol–water partition coefficient (Wildman–Crippen LogP) is 4.96. The molecule has 274 valence electrons. The molecule has 0 aliphatic heterocycles. The molecule has 2 N–H and O–H groups in total. The minimum Gasteiger partial charge on any atom is -0.460 e. The van der Waals surface area contributed by atoms with E-state index in [1.165, 1.54) is 0 Å². The number of nitrogens with zero attached hydrogens (tertiary/aromatic N) is 3. The largest absolute Gasteiger partial charge is 0.460 e. The van der Waals surface area contributed by atoms with E-state index in [1.807, 2.05) is 100 Å². The van der Waals surface area contributed by atoms with E-state index in [9.17, 15) is 9.59 Å². The number of nitrogens with one attached hydrogen (secondary N) is 2. The van der Waals surface area contributed by atoms with Gasteiger partial charge in [-0.15, -0.1) is 0 Å². The average Bonchev–Trinajstić information content (AvgIpc) is 3.06. The number of likely N-dealkylation sites (N-methyl/N-ethyl adjacent to an activating group) is 1. The number of aromatic nitrogens is 2. The lowest BCUT2D eigenvalue weighted by Gasteiger charge is -2.19. The molecule has 3 aromatic rings. The molecule has 50 heavy (non-hydrogen) atoms. The van der Waals surface area contributed by atoms with Crippen LogP contribution in [0, 0.1) is 6.92 Å². The summed E-state index contributed by atoms with van der Waals surface area (Å²) in [7, 11) is 1.96. The number of esters is 1. The van der Waals surface area contributed by atoms with Gasteiger partial charge >= 0.3 is 5.97 Å². The molecule has 0 fully saturated rings. The number of rotatable bonds is 24. The molecule has 13 heteroatoms. The van der Waals surface area contributed by atoms with Crippen molar-refractivity contribution in [3.63, 3.8) is 0 Å². The van der Waals surface area contributed by atoms with Gasteiger partial charge in [0.1, 0.15) is 11.4 Å². The van der Waals surface area contributed by atoms with E-state index in [1.54, 1.807) is 0 Å². The fourth-order valence-electron chi connectivity index (χ4n) is 4.40. The van der Waals surface area contributed by atoms with Crippen molar-refractivity contribution in [1.29, 1.82) is 0 Å². The highest BCUT2D eigenvalue weighted by Crippen LogP contribution is 2.20.